The van der Waals surface area contributed by atoms with Crippen molar-refractivity contribution in [3.63, 3.8) is 0 Å². The van der Waals surface area contributed by atoms with E-state index in [0.29, 0.717) is 6.61 Å². The summed E-state index contributed by atoms with van der Waals surface area (Å²) < 4.78 is 5.69. The van der Waals surface area contributed by atoms with Gasteiger partial charge >= 0.3 is 0 Å². The molecule has 0 spiro atoms. The Morgan fingerprint density at radius 2 is 1.75 bits per heavy atom. The van der Waals surface area contributed by atoms with Gasteiger partial charge in [-0.1, -0.05) is 30.3 Å². The van der Waals surface area contributed by atoms with E-state index in [9.17, 15) is 0 Å². The Hall–Kier alpha value is -1.71. The number of hydrogen-bond donors (Lipinski definition) is 2. The number of benzene rings is 2. The van der Waals surface area contributed by atoms with Crippen LogP contribution >= 0.6 is 24.8 Å². The zero-order valence-electron chi connectivity index (χ0n) is 11.1. The molecule has 0 saturated carbocycles. The first kappa shape index (κ1) is 18.3. The third kappa shape index (κ3) is 4.76. The number of rotatable bonds is 4. The molecule has 108 valence electrons. The molecule has 0 saturated heterocycles. The highest BCUT2D eigenvalue weighted by molar-refractivity contribution is 5.95. The lowest BCUT2D eigenvalue weighted by atomic mass is 10.1. The van der Waals surface area contributed by atoms with Gasteiger partial charge in [0.25, 0.3) is 0 Å². The highest BCUT2D eigenvalue weighted by atomic mass is 35.5. The van der Waals surface area contributed by atoms with E-state index in [1.165, 1.54) is 0 Å². The van der Waals surface area contributed by atoms with Crippen molar-refractivity contribution in [1.29, 1.82) is 5.41 Å². The predicted octanol–water partition coefficient (Wildman–Crippen LogP) is 3.70. The van der Waals surface area contributed by atoms with Crippen LogP contribution in [0.25, 0.3) is 0 Å². The quantitative estimate of drug-likeness (QED) is 0.668. The number of halogens is 2. The van der Waals surface area contributed by atoms with Gasteiger partial charge in [0.2, 0.25) is 0 Å². The van der Waals surface area contributed by atoms with E-state index in [1.54, 1.807) is 0 Å². The topological polar surface area (TPSA) is 59.1 Å². The van der Waals surface area contributed by atoms with Crippen LogP contribution in [0.15, 0.2) is 48.5 Å². The Balaban J connectivity index is 0.00000180. The Bertz CT molecular complexity index is 559. The number of nitrogen functional groups attached to an aromatic ring is 1. The van der Waals surface area contributed by atoms with Gasteiger partial charge in [-0.25, -0.2) is 0 Å². The summed E-state index contributed by atoms with van der Waals surface area (Å²) in [5.74, 6) is 0.946. The lowest BCUT2D eigenvalue weighted by Gasteiger charge is -2.10. The van der Waals surface area contributed by atoms with Gasteiger partial charge in [0, 0.05) is 5.56 Å². The zero-order valence-corrected chi connectivity index (χ0v) is 12.8. The monoisotopic (exact) mass is 312 g/mol. The summed E-state index contributed by atoms with van der Waals surface area (Å²) in [5.41, 5.74) is 8.38. The second-order valence-electron chi connectivity index (χ2n) is 4.16. The highest BCUT2D eigenvalue weighted by Gasteiger charge is 2.03. The van der Waals surface area contributed by atoms with Crippen LogP contribution in [0.1, 0.15) is 16.7 Å². The zero-order chi connectivity index (χ0) is 13.0. The van der Waals surface area contributed by atoms with Crippen molar-refractivity contribution in [2.45, 2.75) is 13.5 Å². The van der Waals surface area contributed by atoms with Gasteiger partial charge in [-0.2, -0.15) is 0 Å². The summed E-state index contributed by atoms with van der Waals surface area (Å²) in [6.45, 7) is 2.52. The number of amidine groups is 1. The van der Waals surface area contributed by atoms with Gasteiger partial charge in [0.05, 0.1) is 0 Å². The Labute approximate surface area is 131 Å². The third-order valence-electron chi connectivity index (χ3n) is 2.79. The van der Waals surface area contributed by atoms with Gasteiger partial charge in [0.1, 0.15) is 18.2 Å². The summed E-state index contributed by atoms with van der Waals surface area (Å²) >= 11 is 0. The minimum atomic E-state index is 0. The molecule has 0 aliphatic rings. The van der Waals surface area contributed by atoms with Crippen LogP contribution in [-0.2, 0) is 6.61 Å². The number of para-hydroxylation sites is 1. The molecule has 2 aromatic rings. The van der Waals surface area contributed by atoms with Crippen molar-refractivity contribution < 1.29 is 4.74 Å². The minimum absolute atomic E-state index is 0. The van der Waals surface area contributed by atoms with E-state index in [0.717, 1.165) is 22.4 Å². The summed E-state index contributed by atoms with van der Waals surface area (Å²) in [4.78, 5) is 0. The number of aryl methyl sites for hydroxylation is 1. The summed E-state index contributed by atoms with van der Waals surface area (Å²) in [6.07, 6.45) is 0. The maximum atomic E-state index is 7.39. The van der Waals surface area contributed by atoms with Crippen LogP contribution in [0.3, 0.4) is 0 Å². The normalized spacial score (nSPS) is 9.05. The molecule has 0 unspecified atom stereocenters. The fourth-order valence-corrected chi connectivity index (χ4v) is 1.70. The van der Waals surface area contributed by atoms with Crippen molar-refractivity contribution in [2.24, 2.45) is 5.73 Å². The number of nitrogens with two attached hydrogens (primary N) is 1. The van der Waals surface area contributed by atoms with Crippen molar-refractivity contribution >= 4 is 30.6 Å². The molecule has 0 aromatic heterocycles. The fraction of sp³-hybridized carbons (Fsp3) is 0.133. The van der Waals surface area contributed by atoms with Crippen molar-refractivity contribution in [3.05, 3.63) is 65.2 Å². The molecular formula is C15H18Cl2N2O. The fourth-order valence-electron chi connectivity index (χ4n) is 1.70. The number of ether oxygens (including phenoxy) is 1. The molecule has 5 heteroatoms. The number of nitrogens with one attached hydrogen (secondary N) is 1. The summed E-state index contributed by atoms with van der Waals surface area (Å²) in [7, 11) is 0. The second-order valence-corrected chi connectivity index (χ2v) is 4.16. The molecule has 0 aliphatic heterocycles. The molecule has 0 atom stereocenters. The second kappa shape index (κ2) is 8.46. The van der Waals surface area contributed by atoms with Gasteiger partial charge in [-0.15, -0.1) is 24.8 Å². The van der Waals surface area contributed by atoms with Crippen LogP contribution in [0, 0.1) is 12.3 Å². The SMILES string of the molecule is Cc1cc(C(=N)N)ccc1COc1ccccc1.Cl.Cl. The van der Waals surface area contributed by atoms with Crippen molar-refractivity contribution in [1.82, 2.24) is 0 Å². The van der Waals surface area contributed by atoms with Crippen molar-refractivity contribution in [3.8, 4) is 5.75 Å². The maximum absolute atomic E-state index is 7.39. The molecule has 20 heavy (non-hydrogen) atoms. The van der Waals surface area contributed by atoms with Crippen LogP contribution in [-0.4, -0.2) is 5.84 Å². The standard InChI is InChI=1S/C15H16N2O.2ClH/c1-11-9-12(15(16)17)7-8-13(11)10-18-14-5-3-2-4-6-14;;/h2-9H,10H2,1H3,(H3,16,17);2*1H. The van der Waals surface area contributed by atoms with Crippen LogP contribution in [0.5, 0.6) is 5.75 Å². The molecule has 0 aliphatic carbocycles. The molecule has 0 radical (unpaired) electrons. The molecule has 0 amide bonds. The molecule has 0 fully saturated rings. The average Bonchev–Trinajstić information content (AvgIpc) is 2.38. The van der Waals surface area contributed by atoms with Gasteiger partial charge in [-0.05, 0) is 36.2 Å². The van der Waals surface area contributed by atoms with Crippen LogP contribution in [0.4, 0.5) is 0 Å². The maximum Gasteiger partial charge on any atom is 0.122 e. The molecule has 2 rings (SSSR count). The van der Waals surface area contributed by atoms with E-state index >= 15 is 0 Å². The van der Waals surface area contributed by atoms with E-state index in [1.807, 2.05) is 55.5 Å². The average molecular weight is 313 g/mol. The van der Waals surface area contributed by atoms with Gasteiger partial charge in [0.15, 0.2) is 0 Å². The number of hydrogen-bond acceptors (Lipinski definition) is 2. The lowest BCUT2D eigenvalue weighted by molar-refractivity contribution is 0.305. The van der Waals surface area contributed by atoms with Gasteiger partial charge < -0.3 is 10.5 Å². The molecule has 2 aromatic carbocycles. The summed E-state index contributed by atoms with van der Waals surface area (Å²) in [6, 6.07) is 15.4. The van der Waals surface area contributed by atoms with E-state index in [2.05, 4.69) is 0 Å². The lowest BCUT2D eigenvalue weighted by Crippen LogP contribution is -2.11. The Morgan fingerprint density at radius 1 is 1.10 bits per heavy atom. The van der Waals surface area contributed by atoms with E-state index in [4.69, 9.17) is 15.9 Å². The molecular weight excluding hydrogens is 295 g/mol. The smallest absolute Gasteiger partial charge is 0.122 e. The Morgan fingerprint density at radius 3 is 2.30 bits per heavy atom. The first-order valence-corrected chi connectivity index (χ1v) is 5.78. The molecule has 3 nitrogen and oxygen atoms in total. The third-order valence-corrected chi connectivity index (χ3v) is 2.79. The Kier molecular flexibility index (Phi) is 7.74. The molecule has 3 N–H and O–H groups in total. The first-order chi connectivity index (χ1) is 8.66. The van der Waals surface area contributed by atoms with E-state index < -0.39 is 0 Å². The molecule has 0 bridgehead atoms. The van der Waals surface area contributed by atoms with Crippen molar-refractivity contribution in [2.75, 3.05) is 0 Å². The van der Waals surface area contributed by atoms with Crippen LogP contribution < -0.4 is 10.5 Å². The van der Waals surface area contributed by atoms with E-state index in [-0.39, 0.29) is 30.6 Å². The minimum Gasteiger partial charge on any atom is -0.489 e. The van der Waals surface area contributed by atoms with Crippen LogP contribution in [0.2, 0.25) is 0 Å². The largest absolute Gasteiger partial charge is 0.489 e. The predicted molar refractivity (Wildman–Crippen MR) is 87.5 cm³/mol. The first-order valence-electron chi connectivity index (χ1n) is 5.78. The van der Waals surface area contributed by atoms with Gasteiger partial charge in [-0.3, -0.25) is 5.41 Å². The molecule has 0 heterocycles. The highest BCUT2D eigenvalue weighted by Crippen LogP contribution is 2.15. The summed E-state index contributed by atoms with van der Waals surface area (Å²) in [5, 5.41) is 7.39.